The molecule has 200 valence electrons. The summed E-state index contributed by atoms with van der Waals surface area (Å²) < 4.78 is 6.50. The van der Waals surface area contributed by atoms with E-state index >= 15 is 0 Å². The van der Waals surface area contributed by atoms with Gasteiger partial charge in [-0.2, -0.15) is 0 Å². The molecule has 1 heterocycles. The third-order valence-corrected chi connectivity index (χ3v) is 8.27. The molecule has 2 N–H and O–H groups in total. The number of hydrogen-bond acceptors (Lipinski definition) is 6. The number of para-hydroxylation sites is 1. The highest BCUT2D eigenvalue weighted by molar-refractivity contribution is 9.10. The zero-order valence-corrected chi connectivity index (χ0v) is 24.3. The third kappa shape index (κ3) is 7.59. The third-order valence-electron chi connectivity index (χ3n) is 5.72. The lowest BCUT2D eigenvalue weighted by Crippen LogP contribution is -2.20. The minimum atomic E-state index is -0.499. The first kappa shape index (κ1) is 27.6. The van der Waals surface area contributed by atoms with E-state index in [1.807, 2.05) is 102 Å². The number of thioether (sulfide) groups is 1. The van der Waals surface area contributed by atoms with Crippen LogP contribution in [0.15, 0.2) is 124 Å². The lowest BCUT2D eigenvalue weighted by Gasteiger charge is -2.16. The SMILES string of the molecule is O=C(COc1ccccc1)Nc1ccc(SC(C(=O)Nc2nc(-c3ccc(Br)cc3)cs2)c2ccccc2)cc1. The highest BCUT2D eigenvalue weighted by Crippen LogP contribution is 2.37. The van der Waals surface area contributed by atoms with Gasteiger partial charge in [0.2, 0.25) is 5.91 Å². The summed E-state index contributed by atoms with van der Waals surface area (Å²) in [6.07, 6.45) is 0. The van der Waals surface area contributed by atoms with Crippen LogP contribution in [0.4, 0.5) is 10.8 Å². The van der Waals surface area contributed by atoms with Crippen LogP contribution in [-0.4, -0.2) is 23.4 Å². The number of carbonyl (C=O) groups is 2. The van der Waals surface area contributed by atoms with Crippen molar-refractivity contribution in [3.8, 4) is 17.0 Å². The molecule has 0 spiro atoms. The fourth-order valence-corrected chi connectivity index (χ4v) is 5.78. The average molecular weight is 631 g/mol. The second kappa shape index (κ2) is 13.4. The number of nitrogens with one attached hydrogen (secondary N) is 2. The van der Waals surface area contributed by atoms with Gasteiger partial charge in [-0.15, -0.1) is 23.1 Å². The number of amides is 2. The van der Waals surface area contributed by atoms with E-state index in [9.17, 15) is 9.59 Å². The fraction of sp³-hybridized carbons (Fsp3) is 0.0645. The molecule has 0 saturated carbocycles. The summed E-state index contributed by atoms with van der Waals surface area (Å²) in [6.45, 7) is -0.0863. The van der Waals surface area contributed by atoms with E-state index in [2.05, 4.69) is 31.5 Å². The number of aromatic nitrogens is 1. The van der Waals surface area contributed by atoms with Crippen molar-refractivity contribution in [1.29, 1.82) is 0 Å². The first-order valence-corrected chi connectivity index (χ1v) is 14.9. The van der Waals surface area contributed by atoms with Gasteiger partial charge in [0.1, 0.15) is 11.0 Å². The van der Waals surface area contributed by atoms with Crippen LogP contribution in [-0.2, 0) is 9.59 Å². The van der Waals surface area contributed by atoms with Crippen LogP contribution in [0.25, 0.3) is 11.3 Å². The Balaban J connectivity index is 1.23. The van der Waals surface area contributed by atoms with E-state index in [1.165, 1.54) is 23.1 Å². The molecule has 1 aromatic heterocycles. The lowest BCUT2D eigenvalue weighted by atomic mass is 10.1. The largest absolute Gasteiger partial charge is 0.484 e. The minimum Gasteiger partial charge on any atom is -0.484 e. The molecule has 0 aliphatic rings. The molecule has 0 saturated heterocycles. The number of carbonyl (C=O) groups excluding carboxylic acids is 2. The number of hydrogen-bond donors (Lipinski definition) is 2. The molecule has 6 nitrogen and oxygen atoms in total. The summed E-state index contributed by atoms with van der Waals surface area (Å²) in [5, 5.41) is 7.81. The highest BCUT2D eigenvalue weighted by atomic mass is 79.9. The average Bonchev–Trinajstić information content (AvgIpc) is 3.45. The highest BCUT2D eigenvalue weighted by Gasteiger charge is 2.23. The van der Waals surface area contributed by atoms with Gasteiger partial charge in [0.05, 0.1) is 5.69 Å². The van der Waals surface area contributed by atoms with Crippen molar-refractivity contribution in [2.45, 2.75) is 10.1 Å². The fourth-order valence-electron chi connectivity index (χ4n) is 3.77. The van der Waals surface area contributed by atoms with E-state index in [0.29, 0.717) is 16.6 Å². The van der Waals surface area contributed by atoms with E-state index in [1.54, 1.807) is 12.1 Å². The number of benzene rings is 4. The number of anilines is 2. The van der Waals surface area contributed by atoms with Gasteiger partial charge >= 0.3 is 0 Å². The minimum absolute atomic E-state index is 0.0863. The van der Waals surface area contributed by atoms with Crippen molar-refractivity contribution in [3.05, 3.63) is 125 Å². The molecule has 40 heavy (non-hydrogen) atoms. The normalized spacial score (nSPS) is 11.4. The van der Waals surface area contributed by atoms with Crippen LogP contribution in [0.5, 0.6) is 5.75 Å². The van der Waals surface area contributed by atoms with Gasteiger partial charge in [-0.25, -0.2) is 4.98 Å². The maximum atomic E-state index is 13.5. The van der Waals surface area contributed by atoms with E-state index < -0.39 is 5.25 Å². The molecule has 1 unspecified atom stereocenters. The zero-order chi connectivity index (χ0) is 27.7. The zero-order valence-electron chi connectivity index (χ0n) is 21.1. The number of nitrogens with zero attached hydrogens (tertiary/aromatic N) is 1. The summed E-state index contributed by atoms with van der Waals surface area (Å²) >= 11 is 6.27. The summed E-state index contributed by atoms with van der Waals surface area (Å²) in [6, 6.07) is 34.1. The van der Waals surface area contributed by atoms with Crippen molar-refractivity contribution in [1.82, 2.24) is 4.98 Å². The summed E-state index contributed by atoms with van der Waals surface area (Å²) in [5.41, 5.74) is 3.32. The second-order valence-corrected chi connectivity index (χ2v) is 11.6. The van der Waals surface area contributed by atoms with Crippen LogP contribution >= 0.6 is 39.0 Å². The number of rotatable bonds is 10. The number of thiazole rings is 1. The molecule has 4 aromatic carbocycles. The monoisotopic (exact) mass is 629 g/mol. The van der Waals surface area contributed by atoms with Crippen molar-refractivity contribution < 1.29 is 14.3 Å². The van der Waals surface area contributed by atoms with E-state index in [0.717, 1.165) is 26.2 Å². The molecule has 0 fully saturated rings. The summed E-state index contributed by atoms with van der Waals surface area (Å²) in [5.74, 6) is 0.219. The Morgan fingerprint density at radius 1 is 0.850 bits per heavy atom. The van der Waals surface area contributed by atoms with Gasteiger partial charge in [-0.1, -0.05) is 76.6 Å². The maximum absolute atomic E-state index is 13.5. The molecule has 0 radical (unpaired) electrons. The van der Waals surface area contributed by atoms with Gasteiger partial charge in [-0.05, 0) is 54.1 Å². The molecule has 0 bridgehead atoms. The molecule has 9 heteroatoms. The predicted octanol–water partition coefficient (Wildman–Crippen LogP) is 8.06. The van der Waals surface area contributed by atoms with Gasteiger partial charge in [0.15, 0.2) is 11.7 Å². The Labute approximate surface area is 249 Å². The quantitative estimate of drug-likeness (QED) is 0.153. The first-order valence-electron chi connectivity index (χ1n) is 12.4. The second-order valence-electron chi connectivity index (χ2n) is 8.62. The number of ether oxygens (including phenoxy) is 1. The Morgan fingerprint density at radius 2 is 1.52 bits per heavy atom. The Hall–Kier alpha value is -3.92. The summed E-state index contributed by atoms with van der Waals surface area (Å²) in [4.78, 5) is 31.3. The summed E-state index contributed by atoms with van der Waals surface area (Å²) in [7, 11) is 0. The Kier molecular flexibility index (Phi) is 9.28. The van der Waals surface area contributed by atoms with Crippen molar-refractivity contribution in [2.24, 2.45) is 0 Å². The lowest BCUT2D eigenvalue weighted by molar-refractivity contribution is -0.118. The molecule has 0 aliphatic heterocycles. The topological polar surface area (TPSA) is 80.3 Å². The van der Waals surface area contributed by atoms with Crippen molar-refractivity contribution >= 4 is 61.7 Å². The standard InChI is InChI=1S/C31H24BrN3O3S2/c32-23-13-11-21(12-14-23)27-20-39-31(34-27)35-30(37)29(22-7-3-1-4-8-22)40-26-17-15-24(16-18-26)33-28(36)19-38-25-9-5-2-6-10-25/h1-18,20,29H,19H2,(H,33,36)(H,34,35,37). The van der Waals surface area contributed by atoms with E-state index in [-0.39, 0.29) is 18.4 Å². The van der Waals surface area contributed by atoms with Crippen molar-refractivity contribution in [2.75, 3.05) is 17.2 Å². The van der Waals surface area contributed by atoms with Gasteiger partial charge in [0.25, 0.3) is 5.91 Å². The first-order chi connectivity index (χ1) is 19.5. The van der Waals surface area contributed by atoms with Gasteiger partial charge in [0, 0.05) is 26.0 Å². The Bertz CT molecular complexity index is 1560. The van der Waals surface area contributed by atoms with Crippen LogP contribution in [0.2, 0.25) is 0 Å². The molecule has 0 aliphatic carbocycles. The van der Waals surface area contributed by atoms with Crippen LogP contribution in [0.3, 0.4) is 0 Å². The van der Waals surface area contributed by atoms with Crippen LogP contribution in [0.1, 0.15) is 10.8 Å². The van der Waals surface area contributed by atoms with Gasteiger partial charge in [-0.3, -0.25) is 9.59 Å². The number of halogens is 1. The molecule has 5 rings (SSSR count). The van der Waals surface area contributed by atoms with Gasteiger partial charge < -0.3 is 15.4 Å². The smallest absolute Gasteiger partial charge is 0.262 e. The van der Waals surface area contributed by atoms with Crippen LogP contribution in [0, 0.1) is 0 Å². The molecular weight excluding hydrogens is 606 g/mol. The molecule has 5 aromatic rings. The molecule has 2 amide bonds. The molecule has 1 atom stereocenters. The van der Waals surface area contributed by atoms with E-state index in [4.69, 9.17) is 4.74 Å². The predicted molar refractivity (Wildman–Crippen MR) is 166 cm³/mol. The van der Waals surface area contributed by atoms with Crippen molar-refractivity contribution in [3.63, 3.8) is 0 Å². The maximum Gasteiger partial charge on any atom is 0.262 e. The van der Waals surface area contributed by atoms with Crippen LogP contribution < -0.4 is 15.4 Å². The Morgan fingerprint density at radius 3 is 2.23 bits per heavy atom. The molecular formula is C31H24BrN3O3S2.